The number of fused-ring (bicyclic) bond motifs is 1. The Kier molecular flexibility index (Phi) is 4.03. The highest BCUT2D eigenvalue weighted by atomic mass is 16.7. The number of hydrogen-bond acceptors (Lipinski definition) is 6. The summed E-state index contributed by atoms with van der Waals surface area (Å²) in [6, 6.07) is 0. The summed E-state index contributed by atoms with van der Waals surface area (Å²) >= 11 is 0. The van der Waals surface area contributed by atoms with Crippen molar-refractivity contribution in [3.63, 3.8) is 0 Å². The fourth-order valence-corrected chi connectivity index (χ4v) is 3.61. The molecule has 3 atom stereocenters. The molecule has 0 radical (unpaired) electrons. The van der Waals surface area contributed by atoms with E-state index in [1.807, 2.05) is 34.6 Å². The summed E-state index contributed by atoms with van der Waals surface area (Å²) in [5, 5.41) is 0. The van der Waals surface area contributed by atoms with Crippen LogP contribution in [0.2, 0.25) is 0 Å². The average molecular weight is 355 g/mol. The van der Waals surface area contributed by atoms with E-state index in [0.29, 0.717) is 12.8 Å². The van der Waals surface area contributed by atoms with Gasteiger partial charge in [-0.2, -0.15) is 0 Å². The molecule has 7 nitrogen and oxygen atoms in total. The van der Waals surface area contributed by atoms with E-state index in [2.05, 4.69) is 0 Å². The number of ether oxygens (including phenoxy) is 4. The first kappa shape index (κ1) is 18.6. The van der Waals surface area contributed by atoms with Crippen LogP contribution in [0, 0.1) is 0 Å². The Balaban J connectivity index is 1.87. The molecule has 3 rings (SSSR count). The monoisotopic (exact) mass is 355 g/mol. The molecule has 0 aromatic heterocycles. The molecule has 0 aromatic carbocycles. The number of nitrogens with zero attached hydrogens (tertiary/aromatic N) is 1. The molecule has 0 N–H and O–H groups in total. The third kappa shape index (κ3) is 2.86. The van der Waals surface area contributed by atoms with Crippen molar-refractivity contribution >= 4 is 11.9 Å². The number of Topliss-reactive ketones (excluding diaryl/α,β-unsaturated/α-hetero) is 1. The molecule has 0 bridgehead atoms. The number of likely N-dealkylation sites (tertiary alicyclic amines) is 1. The summed E-state index contributed by atoms with van der Waals surface area (Å²) in [7, 11) is 1.54. The maximum absolute atomic E-state index is 13.1. The van der Waals surface area contributed by atoms with E-state index < -0.39 is 40.8 Å². The number of hydrogen-bond donors (Lipinski definition) is 0. The van der Waals surface area contributed by atoms with Gasteiger partial charge in [0, 0.05) is 7.11 Å². The summed E-state index contributed by atoms with van der Waals surface area (Å²) in [5.74, 6) is -1.15. The minimum Gasteiger partial charge on any atom is -0.444 e. The largest absolute Gasteiger partial charge is 0.444 e. The highest BCUT2D eigenvalue weighted by Gasteiger charge is 2.67. The molecule has 0 unspecified atom stereocenters. The molecule has 25 heavy (non-hydrogen) atoms. The normalized spacial score (nSPS) is 36.1. The third-order valence-electron chi connectivity index (χ3n) is 5.55. The lowest BCUT2D eigenvalue weighted by molar-refractivity contribution is -0.378. The standard InChI is InChI=1S/C18H29NO6/c1-15(2,3)25-14(21)19-10-11-12(13(20)18(19)8-9-18)24-17(6,22-7)16(4,5)23-11/h11-12H,8-10H2,1-7H3/t11-,12+,17+/m1/s1. The van der Waals surface area contributed by atoms with Crippen molar-refractivity contribution in [2.45, 2.75) is 89.1 Å². The summed E-state index contributed by atoms with van der Waals surface area (Å²) in [6.45, 7) is 11.2. The highest BCUT2D eigenvalue weighted by molar-refractivity contribution is 5.99. The number of piperidine rings is 1. The molecule has 1 spiro atoms. The van der Waals surface area contributed by atoms with E-state index in [4.69, 9.17) is 18.9 Å². The Morgan fingerprint density at radius 2 is 1.80 bits per heavy atom. The van der Waals surface area contributed by atoms with E-state index in [1.165, 1.54) is 4.90 Å². The number of carbonyl (C=O) groups excluding carboxylic acids is 2. The number of rotatable bonds is 1. The Morgan fingerprint density at radius 3 is 2.28 bits per heavy atom. The molecule has 3 aliphatic rings. The molecular weight excluding hydrogens is 326 g/mol. The molecule has 142 valence electrons. The van der Waals surface area contributed by atoms with Gasteiger partial charge in [0.05, 0.1) is 6.54 Å². The van der Waals surface area contributed by atoms with Crippen molar-refractivity contribution in [2.24, 2.45) is 0 Å². The molecular formula is C18H29NO6. The first-order chi connectivity index (χ1) is 11.4. The van der Waals surface area contributed by atoms with Gasteiger partial charge in [-0.3, -0.25) is 9.69 Å². The predicted octanol–water partition coefficient (Wildman–Crippen LogP) is 2.26. The van der Waals surface area contributed by atoms with Gasteiger partial charge in [-0.05, 0) is 54.4 Å². The number of carbonyl (C=O) groups is 2. The second-order valence-electron chi connectivity index (χ2n) is 8.84. The lowest BCUT2D eigenvalue weighted by atomic mass is 9.88. The Labute approximate surface area is 148 Å². The minimum absolute atomic E-state index is 0.117. The van der Waals surface area contributed by atoms with Gasteiger partial charge in [-0.25, -0.2) is 4.79 Å². The number of amides is 1. The minimum atomic E-state index is -1.03. The van der Waals surface area contributed by atoms with E-state index in [-0.39, 0.29) is 12.3 Å². The topological polar surface area (TPSA) is 74.3 Å². The van der Waals surface area contributed by atoms with Crippen LogP contribution in [-0.4, -0.2) is 65.2 Å². The van der Waals surface area contributed by atoms with E-state index >= 15 is 0 Å². The first-order valence-electron chi connectivity index (χ1n) is 8.81. The van der Waals surface area contributed by atoms with Crippen LogP contribution in [-0.2, 0) is 23.7 Å². The Bertz CT molecular complexity index is 591. The van der Waals surface area contributed by atoms with E-state index in [1.54, 1.807) is 14.0 Å². The van der Waals surface area contributed by atoms with Crippen LogP contribution in [0.15, 0.2) is 0 Å². The van der Waals surface area contributed by atoms with Crippen molar-refractivity contribution < 1.29 is 28.5 Å². The van der Waals surface area contributed by atoms with Crippen LogP contribution < -0.4 is 0 Å². The third-order valence-corrected chi connectivity index (χ3v) is 5.55. The quantitative estimate of drug-likeness (QED) is 0.718. The Morgan fingerprint density at radius 1 is 1.20 bits per heavy atom. The molecule has 7 heteroatoms. The fraction of sp³-hybridized carbons (Fsp3) is 0.889. The lowest BCUT2D eigenvalue weighted by Gasteiger charge is -2.55. The van der Waals surface area contributed by atoms with Crippen molar-refractivity contribution in [1.29, 1.82) is 0 Å². The zero-order chi connectivity index (χ0) is 18.8. The van der Waals surface area contributed by atoms with Gasteiger partial charge in [0.15, 0.2) is 11.6 Å². The van der Waals surface area contributed by atoms with Gasteiger partial charge in [0.1, 0.15) is 28.9 Å². The number of ketones is 1. The van der Waals surface area contributed by atoms with Crippen LogP contribution in [0.3, 0.4) is 0 Å². The zero-order valence-electron chi connectivity index (χ0n) is 16.2. The highest BCUT2D eigenvalue weighted by Crippen LogP contribution is 2.51. The van der Waals surface area contributed by atoms with Gasteiger partial charge < -0.3 is 18.9 Å². The summed E-state index contributed by atoms with van der Waals surface area (Å²) < 4.78 is 23.3. The molecule has 2 aliphatic heterocycles. The Hall–Kier alpha value is -1.18. The molecule has 1 aliphatic carbocycles. The van der Waals surface area contributed by atoms with Crippen molar-refractivity contribution in [1.82, 2.24) is 4.90 Å². The van der Waals surface area contributed by atoms with Crippen LogP contribution in [0.4, 0.5) is 4.79 Å². The predicted molar refractivity (Wildman–Crippen MR) is 89.2 cm³/mol. The van der Waals surface area contributed by atoms with E-state index in [9.17, 15) is 9.59 Å². The van der Waals surface area contributed by atoms with Crippen LogP contribution in [0.25, 0.3) is 0 Å². The van der Waals surface area contributed by atoms with Crippen molar-refractivity contribution in [3.05, 3.63) is 0 Å². The van der Waals surface area contributed by atoms with Crippen LogP contribution >= 0.6 is 0 Å². The molecule has 0 aromatic rings. The number of methoxy groups -OCH3 is 1. The van der Waals surface area contributed by atoms with Crippen LogP contribution in [0.5, 0.6) is 0 Å². The smallest absolute Gasteiger partial charge is 0.411 e. The lowest BCUT2D eigenvalue weighted by Crippen LogP contribution is -2.72. The van der Waals surface area contributed by atoms with Gasteiger partial charge >= 0.3 is 6.09 Å². The SMILES string of the molecule is CO[C@@]1(C)O[C@@H]2C(=O)C3(CC3)N(C(=O)OC(C)(C)C)C[C@H]2OC1(C)C. The molecule has 3 fully saturated rings. The first-order valence-corrected chi connectivity index (χ1v) is 8.81. The fourth-order valence-electron chi connectivity index (χ4n) is 3.61. The summed E-state index contributed by atoms with van der Waals surface area (Å²) in [4.78, 5) is 27.3. The second kappa shape index (κ2) is 5.41. The summed E-state index contributed by atoms with van der Waals surface area (Å²) in [5.41, 5.74) is -2.20. The molecule has 2 heterocycles. The zero-order valence-corrected chi connectivity index (χ0v) is 16.2. The summed E-state index contributed by atoms with van der Waals surface area (Å²) in [6.07, 6.45) is -0.489. The van der Waals surface area contributed by atoms with Crippen LogP contribution in [0.1, 0.15) is 54.4 Å². The van der Waals surface area contributed by atoms with E-state index in [0.717, 1.165) is 0 Å². The van der Waals surface area contributed by atoms with Gasteiger partial charge in [0.25, 0.3) is 0 Å². The van der Waals surface area contributed by atoms with Gasteiger partial charge in [-0.1, -0.05) is 0 Å². The maximum Gasteiger partial charge on any atom is 0.411 e. The molecule has 1 saturated carbocycles. The van der Waals surface area contributed by atoms with Crippen molar-refractivity contribution in [3.8, 4) is 0 Å². The average Bonchev–Trinajstić information content (AvgIpc) is 3.25. The maximum atomic E-state index is 13.1. The second-order valence-corrected chi connectivity index (χ2v) is 8.84. The molecule has 2 saturated heterocycles. The van der Waals surface area contributed by atoms with Gasteiger partial charge in [0.2, 0.25) is 0 Å². The van der Waals surface area contributed by atoms with Crippen molar-refractivity contribution in [2.75, 3.05) is 13.7 Å². The van der Waals surface area contributed by atoms with Gasteiger partial charge in [-0.15, -0.1) is 0 Å². The molecule has 1 amide bonds.